The average molecular weight is 247 g/mol. The Morgan fingerprint density at radius 1 is 1.53 bits per heavy atom. The molecule has 0 spiro atoms. The van der Waals surface area contributed by atoms with Gasteiger partial charge in [-0.25, -0.2) is 0 Å². The molecule has 84 valence electrons. The fourth-order valence-electron chi connectivity index (χ4n) is 1.54. The molecule has 1 heterocycles. The number of thiophene rings is 1. The van der Waals surface area contributed by atoms with Crippen molar-refractivity contribution in [2.75, 3.05) is 0 Å². The van der Waals surface area contributed by atoms with E-state index in [0.29, 0.717) is 18.8 Å². The molecule has 15 heavy (non-hydrogen) atoms. The topological polar surface area (TPSA) is 37.3 Å². The highest BCUT2D eigenvalue weighted by Crippen LogP contribution is 2.26. The lowest BCUT2D eigenvalue weighted by atomic mass is 9.94. The molecule has 0 aromatic carbocycles. The summed E-state index contributed by atoms with van der Waals surface area (Å²) in [5.74, 6) is -0.602. The van der Waals surface area contributed by atoms with Crippen molar-refractivity contribution in [1.82, 2.24) is 0 Å². The van der Waals surface area contributed by atoms with Gasteiger partial charge < -0.3 is 5.11 Å². The molecule has 0 aliphatic heterocycles. The largest absolute Gasteiger partial charge is 0.481 e. The molecule has 0 amide bonds. The summed E-state index contributed by atoms with van der Waals surface area (Å²) in [6, 6.07) is 3.72. The van der Waals surface area contributed by atoms with E-state index < -0.39 is 5.97 Å². The third-order valence-electron chi connectivity index (χ3n) is 2.18. The molecule has 1 unspecified atom stereocenters. The Morgan fingerprint density at radius 2 is 2.20 bits per heavy atom. The van der Waals surface area contributed by atoms with Crippen LogP contribution in [0.15, 0.2) is 12.1 Å². The normalized spacial score (nSPS) is 13.1. The first-order valence-electron chi connectivity index (χ1n) is 4.96. The fraction of sp³-hybridized carbons (Fsp3) is 0.545. The summed E-state index contributed by atoms with van der Waals surface area (Å²) in [5, 5.41) is 9.06. The van der Waals surface area contributed by atoms with E-state index in [4.69, 9.17) is 16.7 Å². The van der Waals surface area contributed by atoms with Gasteiger partial charge in [0, 0.05) is 4.88 Å². The van der Waals surface area contributed by atoms with Crippen LogP contribution in [0, 0.1) is 11.8 Å². The molecule has 0 aliphatic carbocycles. The summed E-state index contributed by atoms with van der Waals surface area (Å²) < 4.78 is 0.721. The summed E-state index contributed by atoms with van der Waals surface area (Å²) >= 11 is 7.26. The van der Waals surface area contributed by atoms with Crippen LogP contribution in [0.3, 0.4) is 0 Å². The molecular formula is C11H15ClO2S. The number of halogens is 1. The lowest BCUT2D eigenvalue weighted by Gasteiger charge is -2.13. The quantitative estimate of drug-likeness (QED) is 0.860. The Balaban J connectivity index is 2.62. The highest BCUT2D eigenvalue weighted by molar-refractivity contribution is 7.16. The Hall–Kier alpha value is -0.540. The Kier molecular flexibility index (Phi) is 4.61. The second kappa shape index (κ2) is 5.52. The van der Waals surface area contributed by atoms with Gasteiger partial charge in [0.1, 0.15) is 0 Å². The minimum Gasteiger partial charge on any atom is -0.481 e. The van der Waals surface area contributed by atoms with Crippen LogP contribution in [-0.2, 0) is 11.2 Å². The van der Waals surface area contributed by atoms with Crippen LogP contribution < -0.4 is 0 Å². The molecule has 1 aromatic rings. The number of carboxylic acids is 1. The van der Waals surface area contributed by atoms with Crippen LogP contribution in [0.4, 0.5) is 0 Å². The van der Waals surface area contributed by atoms with Crippen LogP contribution in [0.2, 0.25) is 4.34 Å². The molecule has 4 heteroatoms. The number of hydrogen-bond acceptors (Lipinski definition) is 2. The van der Waals surface area contributed by atoms with Crippen LogP contribution in [0.5, 0.6) is 0 Å². The molecule has 0 bridgehead atoms. The van der Waals surface area contributed by atoms with Crippen molar-refractivity contribution in [2.45, 2.75) is 26.7 Å². The lowest BCUT2D eigenvalue weighted by Crippen LogP contribution is -2.18. The third kappa shape index (κ3) is 4.22. The zero-order chi connectivity index (χ0) is 11.4. The first kappa shape index (κ1) is 12.5. The van der Waals surface area contributed by atoms with Crippen molar-refractivity contribution >= 4 is 28.9 Å². The van der Waals surface area contributed by atoms with Crippen molar-refractivity contribution < 1.29 is 9.90 Å². The highest BCUT2D eigenvalue weighted by atomic mass is 35.5. The van der Waals surface area contributed by atoms with E-state index in [0.717, 1.165) is 9.21 Å². The zero-order valence-electron chi connectivity index (χ0n) is 8.87. The Bertz CT molecular complexity index is 333. The minimum absolute atomic E-state index is 0.292. The van der Waals surface area contributed by atoms with Crippen molar-refractivity contribution in [2.24, 2.45) is 11.8 Å². The Labute approximate surface area is 98.9 Å². The molecule has 0 saturated heterocycles. The minimum atomic E-state index is -0.715. The first-order chi connectivity index (χ1) is 6.99. The number of rotatable bonds is 5. The SMILES string of the molecule is CC(C)CC(Cc1ccc(Cl)s1)C(=O)O. The smallest absolute Gasteiger partial charge is 0.306 e. The van der Waals surface area contributed by atoms with Gasteiger partial charge in [-0.15, -0.1) is 11.3 Å². The van der Waals surface area contributed by atoms with Crippen LogP contribution >= 0.6 is 22.9 Å². The summed E-state index contributed by atoms with van der Waals surface area (Å²) in [7, 11) is 0. The maximum atomic E-state index is 11.0. The number of carboxylic acid groups (broad SMARTS) is 1. The molecule has 1 rings (SSSR count). The summed E-state index contributed by atoms with van der Waals surface area (Å²) in [5.41, 5.74) is 0. The summed E-state index contributed by atoms with van der Waals surface area (Å²) in [6.45, 7) is 4.08. The van der Waals surface area contributed by atoms with Gasteiger partial charge in [-0.3, -0.25) is 4.79 Å². The fourth-order valence-corrected chi connectivity index (χ4v) is 2.71. The van der Waals surface area contributed by atoms with Crippen molar-refractivity contribution in [1.29, 1.82) is 0 Å². The number of carbonyl (C=O) groups is 1. The van der Waals surface area contributed by atoms with Crippen LogP contribution in [-0.4, -0.2) is 11.1 Å². The maximum absolute atomic E-state index is 11.0. The molecule has 1 N–H and O–H groups in total. The molecule has 1 aromatic heterocycles. The van der Waals surface area contributed by atoms with Gasteiger partial charge in [0.15, 0.2) is 0 Å². The predicted octanol–water partition coefficient (Wildman–Crippen LogP) is 3.69. The van der Waals surface area contributed by atoms with Crippen molar-refractivity contribution in [3.8, 4) is 0 Å². The van der Waals surface area contributed by atoms with Gasteiger partial charge in [0.25, 0.3) is 0 Å². The molecule has 0 aliphatic rings. The van der Waals surface area contributed by atoms with Gasteiger partial charge in [-0.1, -0.05) is 25.4 Å². The van der Waals surface area contributed by atoms with E-state index in [1.807, 2.05) is 26.0 Å². The van der Waals surface area contributed by atoms with Crippen LogP contribution in [0.25, 0.3) is 0 Å². The van der Waals surface area contributed by atoms with Crippen molar-refractivity contribution in [3.05, 3.63) is 21.3 Å². The molecule has 1 atom stereocenters. The van der Waals surface area contributed by atoms with Gasteiger partial charge in [-0.05, 0) is 30.9 Å². The van der Waals surface area contributed by atoms with E-state index >= 15 is 0 Å². The van der Waals surface area contributed by atoms with Gasteiger partial charge in [0.05, 0.1) is 10.3 Å². The average Bonchev–Trinajstić information content (AvgIpc) is 2.49. The van der Waals surface area contributed by atoms with E-state index in [9.17, 15) is 4.79 Å². The van der Waals surface area contributed by atoms with Gasteiger partial charge in [0.2, 0.25) is 0 Å². The van der Waals surface area contributed by atoms with Gasteiger partial charge >= 0.3 is 5.97 Å². The van der Waals surface area contributed by atoms with Gasteiger partial charge in [-0.2, -0.15) is 0 Å². The van der Waals surface area contributed by atoms with E-state index in [-0.39, 0.29) is 5.92 Å². The number of aliphatic carboxylic acids is 1. The molecule has 0 fully saturated rings. The second-order valence-corrected chi connectivity index (χ2v) is 5.87. The monoisotopic (exact) mass is 246 g/mol. The lowest BCUT2D eigenvalue weighted by molar-refractivity contribution is -0.142. The molecule has 0 saturated carbocycles. The zero-order valence-corrected chi connectivity index (χ0v) is 10.4. The maximum Gasteiger partial charge on any atom is 0.306 e. The summed E-state index contributed by atoms with van der Waals surface area (Å²) in [4.78, 5) is 12.1. The third-order valence-corrected chi connectivity index (χ3v) is 3.44. The molecule has 0 radical (unpaired) electrons. The Morgan fingerprint density at radius 3 is 2.60 bits per heavy atom. The first-order valence-corrected chi connectivity index (χ1v) is 6.15. The van der Waals surface area contributed by atoms with E-state index in [2.05, 4.69) is 0 Å². The predicted molar refractivity (Wildman–Crippen MR) is 63.6 cm³/mol. The van der Waals surface area contributed by atoms with Crippen LogP contribution in [0.1, 0.15) is 25.1 Å². The second-order valence-electron chi connectivity index (χ2n) is 4.07. The number of hydrogen-bond donors (Lipinski definition) is 1. The molecular weight excluding hydrogens is 232 g/mol. The summed E-state index contributed by atoms with van der Waals surface area (Å²) in [6.07, 6.45) is 1.30. The molecule has 2 nitrogen and oxygen atoms in total. The van der Waals surface area contributed by atoms with E-state index in [1.165, 1.54) is 11.3 Å². The van der Waals surface area contributed by atoms with E-state index in [1.54, 1.807) is 0 Å². The standard InChI is InChI=1S/C11H15ClO2S/c1-7(2)5-8(11(13)14)6-9-3-4-10(12)15-9/h3-4,7-8H,5-6H2,1-2H3,(H,13,14). The highest BCUT2D eigenvalue weighted by Gasteiger charge is 2.19. The van der Waals surface area contributed by atoms with Crippen molar-refractivity contribution in [3.63, 3.8) is 0 Å².